The molecule has 0 saturated heterocycles. The van der Waals surface area contributed by atoms with Gasteiger partial charge >= 0.3 is 0 Å². The van der Waals surface area contributed by atoms with Crippen molar-refractivity contribution < 1.29 is 4.79 Å². The summed E-state index contributed by atoms with van der Waals surface area (Å²) in [5.74, 6) is 0.0862. The number of hydrogen-bond donors (Lipinski definition) is 0. The van der Waals surface area contributed by atoms with Crippen LogP contribution in [-0.4, -0.2) is 30.3 Å². The number of carbonyl (C=O) groups excluding carboxylic acids is 1. The lowest BCUT2D eigenvalue weighted by molar-refractivity contribution is 0.0853. The van der Waals surface area contributed by atoms with E-state index in [4.69, 9.17) is 5.26 Å². The van der Waals surface area contributed by atoms with E-state index < -0.39 is 0 Å². The van der Waals surface area contributed by atoms with Crippen molar-refractivity contribution in [1.29, 1.82) is 5.26 Å². The average molecular weight is 258 g/mol. The van der Waals surface area contributed by atoms with Crippen LogP contribution >= 0.6 is 0 Å². The Morgan fingerprint density at radius 2 is 1.84 bits per heavy atom. The van der Waals surface area contributed by atoms with Gasteiger partial charge in [-0.05, 0) is 31.5 Å². The van der Waals surface area contributed by atoms with Crippen LogP contribution in [0.3, 0.4) is 0 Å². The number of benzene rings is 1. The van der Waals surface area contributed by atoms with Crippen LogP contribution < -0.4 is 0 Å². The molecule has 3 nitrogen and oxygen atoms in total. The number of nitriles is 1. The largest absolute Gasteiger partial charge is 0.296 e. The van der Waals surface area contributed by atoms with Crippen LogP contribution in [-0.2, 0) is 0 Å². The van der Waals surface area contributed by atoms with Crippen LogP contribution in [0.5, 0.6) is 0 Å². The lowest BCUT2D eigenvalue weighted by atomic mass is 9.87. The molecule has 0 aliphatic heterocycles. The van der Waals surface area contributed by atoms with E-state index in [1.54, 1.807) is 24.3 Å². The van der Waals surface area contributed by atoms with E-state index in [0.29, 0.717) is 23.7 Å². The molecule has 0 N–H and O–H groups in total. The van der Waals surface area contributed by atoms with Gasteiger partial charge in [-0.15, -0.1) is 0 Å². The smallest absolute Gasteiger partial charge is 0.176 e. The number of nitrogens with zero attached hydrogens (tertiary/aromatic N) is 2. The Labute approximate surface area is 115 Å². The molecule has 1 aromatic rings. The van der Waals surface area contributed by atoms with Gasteiger partial charge < -0.3 is 0 Å². The number of ketones is 1. The van der Waals surface area contributed by atoms with Crippen molar-refractivity contribution in [2.24, 2.45) is 5.41 Å². The summed E-state index contributed by atoms with van der Waals surface area (Å²) in [7, 11) is 1.97. The summed E-state index contributed by atoms with van der Waals surface area (Å²) >= 11 is 0. The highest BCUT2D eigenvalue weighted by Gasteiger charge is 2.25. The van der Waals surface area contributed by atoms with E-state index >= 15 is 0 Å². The van der Waals surface area contributed by atoms with E-state index in [-0.39, 0.29) is 11.2 Å². The van der Waals surface area contributed by atoms with Gasteiger partial charge in [0, 0.05) is 11.6 Å². The summed E-state index contributed by atoms with van der Waals surface area (Å²) in [6, 6.07) is 9.16. The fraction of sp³-hybridized carbons (Fsp3) is 0.500. The molecule has 102 valence electrons. The first-order valence-corrected chi connectivity index (χ1v) is 6.49. The second kappa shape index (κ2) is 5.99. The number of likely N-dealkylation sites (N-methyl/N-ethyl adjacent to an activating group) is 1. The molecular formula is C16H22N2O. The highest BCUT2D eigenvalue weighted by molar-refractivity contribution is 5.97. The summed E-state index contributed by atoms with van der Waals surface area (Å²) in [4.78, 5) is 14.2. The molecule has 0 aromatic heterocycles. The Bertz CT molecular complexity index is 477. The molecule has 0 radical (unpaired) electrons. The first kappa shape index (κ1) is 15.4. The van der Waals surface area contributed by atoms with Gasteiger partial charge in [0.2, 0.25) is 0 Å². The zero-order chi connectivity index (χ0) is 14.6. The number of Topliss-reactive ketones (excluding diaryl/α,β-unsaturated/α-hetero) is 1. The van der Waals surface area contributed by atoms with Crippen LogP contribution in [0, 0.1) is 16.7 Å². The minimum atomic E-state index is 0.0862. The Morgan fingerprint density at radius 1 is 1.32 bits per heavy atom. The summed E-state index contributed by atoms with van der Waals surface area (Å²) in [6.07, 6.45) is 0. The molecular weight excluding hydrogens is 236 g/mol. The van der Waals surface area contributed by atoms with Crippen LogP contribution in [0.2, 0.25) is 0 Å². The fourth-order valence-corrected chi connectivity index (χ4v) is 1.85. The van der Waals surface area contributed by atoms with Crippen molar-refractivity contribution in [3.8, 4) is 6.07 Å². The molecule has 0 spiro atoms. The quantitative estimate of drug-likeness (QED) is 0.779. The van der Waals surface area contributed by atoms with Gasteiger partial charge in [-0.25, -0.2) is 0 Å². The van der Waals surface area contributed by atoms with Crippen LogP contribution in [0.25, 0.3) is 0 Å². The van der Waals surface area contributed by atoms with Crippen LogP contribution in [0.1, 0.15) is 43.6 Å². The SMILES string of the molecule is CC(N(C)CC(=O)c1ccc(C#N)cc1)C(C)(C)C. The zero-order valence-corrected chi connectivity index (χ0v) is 12.4. The highest BCUT2D eigenvalue weighted by atomic mass is 16.1. The van der Waals surface area contributed by atoms with E-state index in [1.165, 1.54) is 0 Å². The van der Waals surface area contributed by atoms with Crippen molar-refractivity contribution in [2.45, 2.75) is 33.7 Å². The van der Waals surface area contributed by atoms with Crippen molar-refractivity contribution in [3.05, 3.63) is 35.4 Å². The molecule has 0 fully saturated rings. The third-order valence-electron chi connectivity index (χ3n) is 3.64. The Kier molecular flexibility index (Phi) is 4.85. The molecule has 19 heavy (non-hydrogen) atoms. The van der Waals surface area contributed by atoms with E-state index in [1.807, 2.05) is 7.05 Å². The maximum atomic E-state index is 12.2. The topological polar surface area (TPSA) is 44.1 Å². The van der Waals surface area contributed by atoms with Gasteiger partial charge in [0.15, 0.2) is 5.78 Å². The third-order valence-corrected chi connectivity index (χ3v) is 3.64. The number of rotatable bonds is 4. The summed E-state index contributed by atoms with van der Waals surface area (Å²) < 4.78 is 0. The molecule has 0 amide bonds. The van der Waals surface area contributed by atoms with Gasteiger partial charge in [0.25, 0.3) is 0 Å². The summed E-state index contributed by atoms with van der Waals surface area (Å²) in [5.41, 5.74) is 1.37. The van der Waals surface area contributed by atoms with E-state index in [9.17, 15) is 4.79 Å². The minimum absolute atomic E-state index is 0.0862. The third kappa shape index (κ3) is 4.18. The lowest BCUT2D eigenvalue weighted by Crippen LogP contribution is -2.41. The van der Waals surface area contributed by atoms with Crippen LogP contribution in [0.4, 0.5) is 0 Å². The molecule has 0 saturated carbocycles. The molecule has 1 atom stereocenters. The molecule has 1 rings (SSSR count). The summed E-state index contributed by atoms with van der Waals surface area (Å²) in [6.45, 7) is 9.03. The number of carbonyl (C=O) groups is 1. The second-order valence-electron chi connectivity index (χ2n) is 6.07. The normalized spacial score (nSPS) is 13.1. The zero-order valence-electron chi connectivity index (χ0n) is 12.4. The summed E-state index contributed by atoms with van der Waals surface area (Å²) in [5, 5.41) is 8.73. The number of hydrogen-bond acceptors (Lipinski definition) is 3. The Balaban J connectivity index is 2.72. The van der Waals surface area contributed by atoms with Gasteiger partial charge in [-0.2, -0.15) is 5.26 Å². The molecule has 0 aliphatic carbocycles. The Hall–Kier alpha value is -1.66. The highest BCUT2D eigenvalue weighted by Crippen LogP contribution is 2.23. The van der Waals surface area contributed by atoms with Crippen LogP contribution in [0.15, 0.2) is 24.3 Å². The maximum Gasteiger partial charge on any atom is 0.176 e. The molecule has 3 heteroatoms. The molecule has 0 heterocycles. The van der Waals surface area contributed by atoms with Crippen molar-refractivity contribution >= 4 is 5.78 Å². The van der Waals surface area contributed by atoms with Crippen molar-refractivity contribution in [3.63, 3.8) is 0 Å². The van der Waals surface area contributed by atoms with Crippen molar-refractivity contribution in [1.82, 2.24) is 4.90 Å². The van der Waals surface area contributed by atoms with Gasteiger partial charge in [0.1, 0.15) is 0 Å². The molecule has 0 bridgehead atoms. The van der Waals surface area contributed by atoms with Gasteiger partial charge in [-0.3, -0.25) is 9.69 Å². The van der Waals surface area contributed by atoms with E-state index in [0.717, 1.165) is 0 Å². The maximum absolute atomic E-state index is 12.2. The minimum Gasteiger partial charge on any atom is -0.296 e. The predicted octanol–water partition coefficient (Wildman–Crippen LogP) is 3.11. The van der Waals surface area contributed by atoms with Gasteiger partial charge in [-0.1, -0.05) is 32.9 Å². The predicted molar refractivity (Wildman–Crippen MR) is 77.0 cm³/mol. The average Bonchev–Trinajstić information content (AvgIpc) is 2.36. The second-order valence-corrected chi connectivity index (χ2v) is 6.07. The van der Waals surface area contributed by atoms with Gasteiger partial charge in [0.05, 0.1) is 18.2 Å². The molecule has 1 unspecified atom stereocenters. The van der Waals surface area contributed by atoms with Crippen molar-refractivity contribution in [2.75, 3.05) is 13.6 Å². The Morgan fingerprint density at radius 3 is 2.26 bits per heavy atom. The fourth-order valence-electron chi connectivity index (χ4n) is 1.85. The molecule has 1 aromatic carbocycles. The standard InChI is InChI=1S/C16H22N2O/c1-12(16(2,3)4)18(5)11-15(19)14-8-6-13(10-17)7-9-14/h6-9,12H,11H2,1-5H3. The molecule has 0 aliphatic rings. The first-order chi connectivity index (χ1) is 8.75. The van der Waals surface area contributed by atoms with E-state index in [2.05, 4.69) is 38.7 Å². The lowest BCUT2D eigenvalue weighted by Gasteiger charge is -2.34. The first-order valence-electron chi connectivity index (χ1n) is 6.49. The monoisotopic (exact) mass is 258 g/mol.